The second-order valence-electron chi connectivity index (χ2n) is 5.06. The number of hydrogen-bond acceptors (Lipinski definition) is 5. The molecule has 114 valence electrons. The summed E-state index contributed by atoms with van der Waals surface area (Å²) in [5.41, 5.74) is 0.553. The molecule has 1 aliphatic heterocycles. The molecule has 1 atom stereocenters. The van der Waals surface area contributed by atoms with Crippen LogP contribution in [-0.2, 0) is 4.79 Å². The number of benzene rings is 1. The van der Waals surface area contributed by atoms with Crippen molar-refractivity contribution in [2.75, 3.05) is 32.7 Å². The minimum atomic E-state index is -0.922. The molecule has 1 N–H and O–H groups in total. The van der Waals surface area contributed by atoms with Crippen LogP contribution in [-0.4, -0.2) is 58.5 Å². The first-order valence-corrected chi connectivity index (χ1v) is 6.96. The minimum absolute atomic E-state index is 0.0290. The second kappa shape index (κ2) is 6.64. The van der Waals surface area contributed by atoms with Gasteiger partial charge in [0.2, 0.25) is 0 Å². The van der Waals surface area contributed by atoms with Crippen molar-refractivity contribution in [1.82, 2.24) is 9.80 Å². The zero-order chi connectivity index (χ0) is 15.4. The summed E-state index contributed by atoms with van der Waals surface area (Å²) in [7, 11) is 0. The van der Waals surface area contributed by atoms with Crippen LogP contribution in [0.2, 0.25) is 0 Å². The Labute approximate surface area is 122 Å². The maximum atomic E-state index is 11.6. The Hall–Kier alpha value is -1.99. The number of likely N-dealkylation sites (N-methyl/N-ethyl adjacent to an activating group) is 1. The Morgan fingerprint density at radius 3 is 2.29 bits per heavy atom. The fourth-order valence-electron chi connectivity index (χ4n) is 2.63. The van der Waals surface area contributed by atoms with Crippen molar-refractivity contribution in [1.29, 1.82) is 0 Å². The van der Waals surface area contributed by atoms with E-state index in [0.717, 1.165) is 19.6 Å². The van der Waals surface area contributed by atoms with Crippen LogP contribution < -0.4 is 0 Å². The lowest BCUT2D eigenvalue weighted by Crippen LogP contribution is -2.49. The van der Waals surface area contributed by atoms with E-state index in [2.05, 4.69) is 11.8 Å². The topological polar surface area (TPSA) is 86.9 Å². The molecule has 0 radical (unpaired) electrons. The van der Waals surface area contributed by atoms with Crippen molar-refractivity contribution in [3.63, 3.8) is 0 Å². The standard InChI is InChI=1S/C14H19N3O4/c1-2-15-7-9-16(10-8-15)13(14(18)19)11-3-5-12(6-4-11)17(20)21/h3-6,13H,2,7-10H2,1H3,(H,18,19). The number of hydrogen-bond donors (Lipinski definition) is 1. The zero-order valence-corrected chi connectivity index (χ0v) is 11.9. The van der Waals surface area contributed by atoms with Crippen molar-refractivity contribution < 1.29 is 14.8 Å². The van der Waals surface area contributed by atoms with Crippen LogP contribution in [0.1, 0.15) is 18.5 Å². The summed E-state index contributed by atoms with van der Waals surface area (Å²) in [6.45, 7) is 6.09. The van der Waals surface area contributed by atoms with E-state index < -0.39 is 16.9 Å². The van der Waals surface area contributed by atoms with Gasteiger partial charge in [-0.2, -0.15) is 0 Å². The Morgan fingerprint density at radius 2 is 1.86 bits per heavy atom. The molecule has 7 heteroatoms. The lowest BCUT2D eigenvalue weighted by atomic mass is 10.0. The molecule has 0 aromatic heterocycles. The van der Waals surface area contributed by atoms with Crippen LogP contribution in [0, 0.1) is 10.1 Å². The van der Waals surface area contributed by atoms with Crippen LogP contribution in [0.5, 0.6) is 0 Å². The van der Waals surface area contributed by atoms with Crippen molar-refractivity contribution in [3.8, 4) is 0 Å². The summed E-state index contributed by atoms with van der Waals surface area (Å²) >= 11 is 0. The number of carbonyl (C=O) groups is 1. The van der Waals surface area contributed by atoms with E-state index in [1.807, 2.05) is 4.90 Å². The molecule has 0 aliphatic carbocycles. The predicted molar refractivity (Wildman–Crippen MR) is 77.2 cm³/mol. The Balaban J connectivity index is 2.15. The minimum Gasteiger partial charge on any atom is -0.480 e. The van der Waals surface area contributed by atoms with Gasteiger partial charge in [0.1, 0.15) is 6.04 Å². The molecule has 1 aliphatic rings. The van der Waals surface area contributed by atoms with E-state index in [1.54, 1.807) is 0 Å². The molecule has 7 nitrogen and oxygen atoms in total. The average molecular weight is 293 g/mol. The van der Waals surface area contributed by atoms with Crippen LogP contribution in [0.4, 0.5) is 5.69 Å². The van der Waals surface area contributed by atoms with E-state index in [9.17, 15) is 20.0 Å². The zero-order valence-electron chi connectivity index (χ0n) is 11.9. The highest BCUT2D eigenvalue weighted by molar-refractivity contribution is 5.75. The van der Waals surface area contributed by atoms with Gasteiger partial charge in [-0.25, -0.2) is 0 Å². The summed E-state index contributed by atoms with van der Waals surface area (Å²) in [6, 6.07) is 5.03. The van der Waals surface area contributed by atoms with E-state index in [-0.39, 0.29) is 5.69 Å². The molecule has 1 unspecified atom stereocenters. The molecule has 21 heavy (non-hydrogen) atoms. The van der Waals surface area contributed by atoms with Gasteiger partial charge in [-0.15, -0.1) is 0 Å². The number of carboxylic acid groups (broad SMARTS) is 1. The van der Waals surface area contributed by atoms with E-state index >= 15 is 0 Å². The number of rotatable bonds is 5. The van der Waals surface area contributed by atoms with Gasteiger partial charge in [-0.05, 0) is 12.1 Å². The van der Waals surface area contributed by atoms with E-state index in [1.165, 1.54) is 24.3 Å². The number of non-ortho nitro benzene ring substituents is 1. The van der Waals surface area contributed by atoms with Crippen molar-refractivity contribution >= 4 is 11.7 Å². The summed E-state index contributed by atoms with van der Waals surface area (Å²) in [6.07, 6.45) is 0. The largest absolute Gasteiger partial charge is 0.480 e. The molecule has 1 aromatic carbocycles. The molecule has 1 saturated heterocycles. The van der Waals surface area contributed by atoms with Gasteiger partial charge in [0.05, 0.1) is 4.92 Å². The second-order valence-corrected chi connectivity index (χ2v) is 5.06. The molecular weight excluding hydrogens is 274 g/mol. The third-order valence-electron chi connectivity index (χ3n) is 3.87. The first-order chi connectivity index (χ1) is 10.0. The maximum absolute atomic E-state index is 11.6. The van der Waals surface area contributed by atoms with Gasteiger partial charge in [0, 0.05) is 38.3 Å². The highest BCUT2D eigenvalue weighted by Crippen LogP contribution is 2.24. The molecule has 1 heterocycles. The lowest BCUT2D eigenvalue weighted by Gasteiger charge is -2.37. The molecule has 1 fully saturated rings. The number of piperazine rings is 1. The highest BCUT2D eigenvalue weighted by atomic mass is 16.6. The van der Waals surface area contributed by atoms with Gasteiger partial charge in [0.15, 0.2) is 0 Å². The van der Waals surface area contributed by atoms with E-state index in [4.69, 9.17) is 0 Å². The molecule has 0 saturated carbocycles. The quantitative estimate of drug-likeness (QED) is 0.651. The highest BCUT2D eigenvalue weighted by Gasteiger charge is 2.30. The molecule has 0 spiro atoms. The van der Waals surface area contributed by atoms with Crippen LogP contribution in [0.15, 0.2) is 24.3 Å². The number of aliphatic carboxylic acids is 1. The smallest absolute Gasteiger partial charge is 0.325 e. The molecular formula is C14H19N3O4. The predicted octanol–water partition coefficient (Wildman–Crippen LogP) is 1.36. The number of carboxylic acids is 1. The Morgan fingerprint density at radius 1 is 1.29 bits per heavy atom. The van der Waals surface area contributed by atoms with Crippen molar-refractivity contribution in [2.45, 2.75) is 13.0 Å². The Kier molecular flexibility index (Phi) is 4.87. The van der Waals surface area contributed by atoms with Gasteiger partial charge < -0.3 is 10.0 Å². The van der Waals surface area contributed by atoms with E-state index in [0.29, 0.717) is 18.7 Å². The molecule has 0 bridgehead atoms. The van der Waals surface area contributed by atoms with Crippen molar-refractivity contribution in [2.24, 2.45) is 0 Å². The monoisotopic (exact) mass is 293 g/mol. The van der Waals surface area contributed by atoms with Crippen molar-refractivity contribution in [3.05, 3.63) is 39.9 Å². The number of nitro benzene ring substituents is 1. The van der Waals surface area contributed by atoms with Gasteiger partial charge in [-0.1, -0.05) is 19.1 Å². The molecule has 0 amide bonds. The first-order valence-electron chi connectivity index (χ1n) is 6.96. The lowest BCUT2D eigenvalue weighted by molar-refractivity contribution is -0.384. The summed E-state index contributed by atoms with van der Waals surface area (Å²) < 4.78 is 0. The SMILES string of the molecule is CCN1CCN(C(C(=O)O)c2ccc([N+](=O)[O-])cc2)CC1. The third-order valence-corrected chi connectivity index (χ3v) is 3.87. The van der Waals surface area contributed by atoms with Gasteiger partial charge >= 0.3 is 5.97 Å². The first kappa shape index (κ1) is 15.4. The van der Waals surface area contributed by atoms with Crippen LogP contribution in [0.25, 0.3) is 0 Å². The van der Waals surface area contributed by atoms with Crippen LogP contribution >= 0.6 is 0 Å². The number of nitrogens with zero attached hydrogens (tertiary/aromatic N) is 3. The van der Waals surface area contributed by atoms with Crippen LogP contribution in [0.3, 0.4) is 0 Å². The summed E-state index contributed by atoms with van der Waals surface area (Å²) in [5.74, 6) is -0.922. The fourth-order valence-corrected chi connectivity index (χ4v) is 2.63. The Bertz CT molecular complexity index is 509. The summed E-state index contributed by atoms with van der Waals surface area (Å²) in [4.78, 5) is 25.9. The summed E-state index contributed by atoms with van der Waals surface area (Å²) in [5, 5.41) is 20.2. The third kappa shape index (κ3) is 3.56. The normalized spacial score (nSPS) is 18.3. The molecule has 2 rings (SSSR count). The average Bonchev–Trinajstić information content (AvgIpc) is 2.48. The van der Waals surface area contributed by atoms with Gasteiger partial charge in [0.25, 0.3) is 5.69 Å². The van der Waals surface area contributed by atoms with Gasteiger partial charge in [-0.3, -0.25) is 19.8 Å². The fraction of sp³-hybridized carbons (Fsp3) is 0.500. The molecule has 1 aromatic rings. The number of nitro groups is 1. The maximum Gasteiger partial charge on any atom is 0.325 e.